The van der Waals surface area contributed by atoms with E-state index in [-0.39, 0.29) is 29.5 Å². The second kappa shape index (κ2) is 6.75. The number of esters is 1. The standard InChI is InChI=1S/C12H12N4O4S/c1-2-20-11(19)8-7-21-12(14-8)15-9(17)6-16-10(18)4-3-5-13-16/h3-5,7H,2,6H2,1H3,(H,14,15,17). The first kappa shape index (κ1) is 14.9. The molecule has 0 spiro atoms. The van der Waals surface area contributed by atoms with E-state index in [4.69, 9.17) is 4.74 Å². The molecule has 2 heterocycles. The van der Waals surface area contributed by atoms with Crippen molar-refractivity contribution in [3.63, 3.8) is 0 Å². The number of nitrogens with zero attached hydrogens (tertiary/aromatic N) is 3. The Balaban J connectivity index is 1.99. The second-order valence-electron chi connectivity index (χ2n) is 3.83. The third-order valence-corrected chi connectivity index (χ3v) is 3.07. The monoisotopic (exact) mass is 308 g/mol. The number of thiazole rings is 1. The molecule has 0 saturated heterocycles. The van der Waals surface area contributed by atoms with E-state index >= 15 is 0 Å². The minimum atomic E-state index is -0.546. The molecule has 2 aromatic rings. The highest BCUT2D eigenvalue weighted by Gasteiger charge is 2.13. The number of amides is 1. The van der Waals surface area contributed by atoms with Gasteiger partial charge in [0.15, 0.2) is 10.8 Å². The van der Waals surface area contributed by atoms with Crippen LogP contribution in [0.1, 0.15) is 17.4 Å². The predicted molar refractivity (Wildman–Crippen MR) is 75.2 cm³/mol. The molecule has 0 aliphatic rings. The maximum absolute atomic E-state index is 11.8. The van der Waals surface area contributed by atoms with Gasteiger partial charge in [-0.05, 0) is 13.0 Å². The second-order valence-corrected chi connectivity index (χ2v) is 4.68. The van der Waals surface area contributed by atoms with E-state index in [1.165, 1.54) is 23.7 Å². The Morgan fingerprint density at radius 1 is 1.48 bits per heavy atom. The molecule has 2 rings (SSSR count). The van der Waals surface area contributed by atoms with E-state index in [0.29, 0.717) is 0 Å². The summed E-state index contributed by atoms with van der Waals surface area (Å²) in [6.07, 6.45) is 1.41. The fraction of sp³-hybridized carbons (Fsp3) is 0.250. The fourth-order valence-corrected chi connectivity index (χ4v) is 2.13. The summed E-state index contributed by atoms with van der Waals surface area (Å²) in [4.78, 5) is 38.6. The summed E-state index contributed by atoms with van der Waals surface area (Å²) in [6, 6.07) is 2.80. The van der Waals surface area contributed by atoms with Gasteiger partial charge in [0.2, 0.25) is 5.91 Å². The molecule has 1 N–H and O–H groups in total. The Morgan fingerprint density at radius 3 is 3.00 bits per heavy atom. The molecule has 0 saturated carbocycles. The van der Waals surface area contributed by atoms with Crippen LogP contribution in [0.2, 0.25) is 0 Å². The number of hydrogen-bond acceptors (Lipinski definition) is 7. The number of nitrogens with one attached hydrogen (secondary N) is 1. The average Bonchev–Trinajstić information content (AvgIpc) is 2.90. The van der Waals surface area contributed by atoms with Gasteiger partial charge in [0, 0.05) is 17.6 Å². The van der Waals surface area contributed by atoms with Gasteiger partial charge in [-0.1, -0.05) is 0 Å². The highest BCUT2D eigenvalue weighted by Crippen LogP contribution is 2.16. The number of hydrogen-bond donors (Lipinski definition) is 1. The number of ether oxygens (including phenoxy) is 1. The lowest BCUT2D eigenvalue weighted by atomic mass is 10.5. The maximum atomic E-state index is 11.8. The summed E-state index contributed by atoms with van der Waals surface area (Å²) in [5.41, 5.74) is -0.244. The lowest BCUT2D eigenvalue weighted by molar-refractivity contribution is -0.117. The van der Waals surface area contributed by atoms with Crippen molar-refractivity contribution in [2.24, 2.45) is 0 Å². The molecule has 1 amide bonds. The molecule has 0 fully saturated rings. The van der Waals surface area contributed by atoms with E-state index < -0.39 is 11.9 Å². The van der Waals surface area contributed by atoms with Crippen LogP contribution in [-0.4, -0.2) is 33.2 Å². The summed E-state index contributed by atoms with van der Waals surface area (Å²) in [7, 11) is 0. The number of aromatic nitrogens is 3. The summed E-state index contributed by atoms with van der Waals surface area (Å²) in [5, 5.41) is 8.01. The van der Waals surface area contributed by atoms with Crippen molar-refractivity contribution < 1.29 is 14.3 Å². The summed E-state index contributed by atoms with van der Waals surface area (Å²) in [5.74, 6) is -1.00. The zero-order chi connectivity index (χ0) is 15.2. The minimum absolute atomic E-state index is 0.132. The lowest BCUT2D eigenvalue weighted by Crippen LogP contribution is -2.28. The molecular formula is C12H12N4O4S. The van der Waals surface area contributed by atoms with Crippen LogP contribution in [0.4, 0.5) is 5.13 Å². The van der Waals surface area contributed by atoms with Gasteiger partial charge in [-0.15, -0.1) is 11.3 Å². The van der Waals surface area contributed by atoms with Crippen LogP contribution < -0.4 is 10.9 Å². The van der Waals surface area contributed by atoms with Gasteiger partial charge in [-0.3, -0.25) is 9.59 Å². The van der Waals surface area contributed by atoms with Crippen LogP contribution in [0.5, 0.6) is 0 Å². The number of anilines is 1. The molecule has 21 heavy (non-hydrogen) atoms. The van der Waals surface area contributed by atoms with Crippen molar-refractivity contribution in [2.75, 3.05) is 11.9 Å². The molecule has 9 heteroatoms. The highest BCUT2D eigenvalue weighted by atomic mass is 32.1. The quantitative estimate of drug-likeness (QED) is 0.807. The molecular weight excluding hydrogens is 296 g/mol. The summed E-state index contributed by atoms with van der Waals surface area (Å²) < 4.78 is 5.82. The Bertz CT molecular complexity index is 709. The van der Waals surface area contributed by atoms with Crippen molar-refractivity contribution in [3.05, 3.63) is 39.8 Å². The van der Waals surface area contributed by atoms with Gasteiger partial charge in [0.1, 0.15) is 6.54 Å². The maximum Gasteiger partial charge on any atom is 0.357 e. The van der Waals surface area contributed by atoms with Crippen molar-refractivity contribution in [1.29, 1.82) is 0 Å². The Morgan fingerprint density at radius 2 is 2.29 bits per heavy atom. The molecule has 0 aliphatic carbocycles. The Hall–Kier alpha value is -2.55. The Kier molecular flexibility index (Phi) is 4.77. The smallest absolute Gasteiger partial charge is 0.357 e. The van der Waals surface area contributed by atoms with Gasteiger partial charge in [0.05, 0.1) is 6.61 Å². The largest absolute Gasteiger partial charge is 0.461 e. The molecule has 2 aromatic heterocycles. The third kappa shape index (κ3) is 3.96. The van der Waals surface area contributed by atoms with Crippen molar-refractivity contribution in [3.8, 4) is 0 Å². The van der Waals surface area contributed by atoms with E-state index in [1.807, 2.05) is 0 Å². The number of rotatable bonds is 5. The van der Waals surface area contributed by atoms with Crippen LogP contribution >= 0.6 is 11.3 Å². The molecule has 0 radical (unpaired) electrons. The molecule has 8 nitrogen and oxygen atoms in total. The first-order valence-electron chi connectivity index (χ1n) is 6.04. The summed E-state index contributed by atoms with van der Waals surface area (Å²) in [6.45, 7) is 1.71. The van der Waals surface area contributed by atoms with Gasteiger partial charge in [-0.25, -0.2) is 14.5 Å². The van der Waals surface area contributed by atoms with Gasteiger partial charge in [0.25, 0.3) is 5.56 Å². The molecule has 0 aromatic carbocycles. The van der Waals surface area contributed by atoms with Crippen LogP contribution in [0.15, 0.2) is 28.5 Å². The zero-order valence-corrected chi connectivity index (χ0v) is 11.9. The molecule has 0 bridgehead atoms. The van der Waals surface area contributed by atoms with Crippen molar-refractivity contribution in [1.82, 2.24) is 14.8 Å². The number of carbonyl (C=O) groups is 2. The highest BCUT2D eigenvalue weighted by molar-refractivity contribution is 7.14. The first-order chi connectivity index (χ1) is 10.1. The van der Waals surface area contributed by atoms with Crippen LogP contribution in [-0.2, 0) is 16.1 Å². The van der Waals surface area contributed by atoms with Crippen LogP contribution in [0.25, 0.3) is 0 Å². The summed E-state index contributed by atoms with van der Waals surface area (Å²) >= 11 is 1.10. The molecule has 110 valence electrons. The van der Waals surface area contributed by atoms with E-state index in [9.17, 15) is 14.4 Å². The van der Waals surface area contributed by atoms with E-state index in [1.54, 1.807) is 6.92 Å². The predicted octanol–water partition coefficient (Wildman–Crippen LogP) is 0.515. The van der Waals surface area contributed by atoms with E-state index in [2.05, 4.69) is 15.4 Å². The topological polar surface area (TPSA) is 103 Å². The van der Waals surface area contributed by atoms with Gasteiger partial charge >= 0.3 is 5.97 Å². The van der Waals surface area contributed by atoms with Crippen LogP contribution in [0, 0.1) is 0 Å². The Labute approximate surface area is 123 Å². The molecule has 0 aliphatic heterocycles. The third-order valence-electron chi connectivity index (χ3n) is 2.31. The minimum Gasteiger partial charge on any atom is -0.461 e. The normalized spacial score (nSPS) is 10.1. The average molecular weight is 308 g/mol. The first-order valence-corrected chi connectivity index (χ1v) is 6.92. The fourth-order valence-electron chi connectivity index (χ4n) is 1.43. The van der Waals surface area contributed by atoms with Gasteiger partial charge < -0.3 is 10.1 Å². The molecule has 0 unspecified atom stereocenters. The SMILES string of the molecule is CCOC(=O)c1csc(NC(=O)Cn2ncccc2=O)n1. The van der Waals surface area contributed by atoms with E-state index in [0.717, 1.165) is 16.0 Å². The zero-order valence-electron chi connectivity index (χ0n) is 11.1. The van der Waals surface area contributed by atoms with Crippen LogP contribution in [0.3, 0.4) is 0 Å². The number of carbonyl (C=O) groups excluding carboxylic acids is 2. The lowest BCUT2D eigenvalue weighted by Gasteiger charge is -2.03. The van der Waals surface area contributed by atoms with Gasteiger partial charge in [-0.2, -0.15) is 5.10 Å². The van der Waals surface area contributed by atoms with Crippen molar-refractivity contribution >= 4 is 28.3 Å². The molecule has 0 atom stereocenters. The van der Waals surface area contributed by atoms with Crippen molar-refractivity contribution in [2.45, 2.75) is 13.5 Å².